The predicted molar refractivity (Wildman–Crippen MR) is 132 cm³/mol. The molecule has 1 aromatic rings. The fourth-order valence-electron chi connectivity index (χ4n) is 3.29. The van der Waals surface area contributed by atoms with Crippen molar-refractivity contribution in [2.24, 2.45) is 0 Å². The number of hydrogen-bond acceptors (Lipinski definition) is 4. The van der Waals surface area contributed by atoms with Gasteiger partial charge in [-0.25, -0.2) is 0 Å². The van der Waals surface area contributed by atoms with E-state index in [1.807, 2.05) is 30.3 Å². The zero-order valence-corrected chi connectivity index (χ0v) is 23.2. The third-order valence-electron chi connectivity index (χ3n) is 7.45. The molecule has 1 amide bonds. The molecule has 31 heavy (non-hydrogen) atoms. The summed E-state index contributed by atoms with van der Waals surface area (Å²) in [5.74, 6) is -0.0727. The lowest BCUT2D eigenvalue weighted by Crippen LogP contribution is -2.54. The highest BCUT2D eigenvalue weighted by Crippen LogP contribution is 2.43. The number of carbonyl (C=O) groups excluding carboxylic acids is 1. The van der Waals surface area contributed by atoms with Gasteiger partial charge in [-0.3, -0.25) is 4.79 Å². The molecule has 0 bridgehead atoms. The van der Waals surface area contributed by atoms with Crippen molar-refractivity contribution in [1.82, 2.24) is 4.90 Å². The lowest BCUT2D eigenvalue weighted by Gasteiger charge is -2.43. The average Bonchev–Trinajstić information content (AvgIpc) is 2.85. The van der Waals surface area contributed by atoms with Crippen molar-refractivity contribution in [3.8, 4) is 0 Å². The van der Waals surface area contributed by atoms with E-state index in [2.05, 4.69) is 67.7 Å². The molecule has 0 saturated carbocycles. The maximum Gasteiger partial charge on any atom is 0.253 e. The normalized spacial score (nSPS) is 23.5. The van der Waals surface area contributed by atoms with Crippen LogP contribution < -0.4 is 0 Å². The van der Waals surface area contributed by atoms with E-state index in [0.717, 1.165) is 5.56 Å². The summed E-state index contributed by atoms with van der Waals surface area (Å²) < 4.78 is 13.5. The molecular formula is C24H43NO4Si2. The Bertz CT molecular complexity index is 753. The highest BCUT2D eigenvalue weighted by Gasteiger charge is 2.55. The molecule has 5 nitrogen and oxygen atoms in total. The number of rotatable bonds is 7. The van der Waals surface area contributed by atoms with E-state index in [9.17, 15) is 9.90 Å². The van der Waals surface area contributed by atoms with E-state index < -0.39 is 34.9 Å². The first-order valence-corrected chi connectivity index (χ1v) is 17.1. The third kappa shape index (κ3) is 5.68. The van der Waals surface area contributed by atoms with Gasteiger partial charge in [-0.1, -0.05) is 71.9 Å². The smallest absolute Gasteiger partial charge is 0.253 e. The highest BCUT2D eigenvalue weighted by atomic mass is 28.4. The second kappa shape index (κ2) is 9.10. The number of aliphatic hydroxyl groups excluding tert-OH is 1. The SMILES string of the molecule is CC(C)(C)[Si](C)(C)O[C@H]1[C@@H](CO)N(Cc2ccccc2)C(=O)[C@@H]1O[Si](C)(C)C(C)(C)C. The lowest BCUT2D eigenvalue weighted by atomic mass is 10.1. The Balaban J connectivity index is 2.45. The Morgan fingerprint density at radius 3 is 1.84 bits per heavy atom. The van der Waals surface area contributed by atoms with Crippen LogP contribution in [0.2, 0.25) is 36.3 Å². The fourth-order valence-corrected chi connectivity index (χ4v) is 5.83. The molecular weight excluding hydrogens is 422 g/mol. The van der Waals surface area contributed by atoms with Gasteiger partial charge in [0.25, 0.3) is 5.91 Å². The van der Waals surface area contributed by atoms with Gasteiger partial charge in [-0.2, -0.15) is 0 Å². The Kier molecular flexibility index (Phi) is 7.71. The highest BCUT2D eigenvalue weighted by molar-refractivity contribution is 6.74. The minimum Gasteiger partial charge on any atom is -0.409 e. The van der Waals surface area contributed by atoms with E-state index in [1.165, 1.54) is 0 Å². The minimum atomic E-state index is -2.23. The summed E-state index contributed by atoms with van der Waals surface area (Å²) in [6.45, 7) is 22.1. The van der Waals surface area contributed by atoms with Crippen molar-refractivity contribution < 1.29 is 18.8 Å². The molecule has 1 N–H and O–H groups in total. The number of carbonyl (C=O) groups is 1. The zero-order chi connectivity index (χ0) is 23.8. The van der Waals surface area contributed by atoms with Crippen molar-refractivity contribution >= 4 is 22.5 Å². The van der Waals surface area contributed by atoms with Gasteiger partial charge in [-0.15, -0.1) is 0 Å². The molecule has 2 rings (SSSR count). The molecule has 3 atom stereocenters. The van der Waals surface area contributed by atoms with Crippen LogP contribution in [0.1, 0.15) is 47.1 Å². The van der Waals surface area contributed by atoms with Gasteiger partial charge in [0.05, 0.1) is 12.6 Å². The van der Waals surface area contributed by atoms with Gasteiger partial charge in [0, 0.05) is 6.54 Å². The fraction of sp³-hybridized carbons (Fsp3) is 0.708. The van der Waals surface area contributed by atoms with Crippen molar-refractivity contribution in [2.45, 2.75) is 103 Å². The van der Waals surface area contributed by atoms with Crippen LogP contribution in [-0.4, -0.2) is 57.4 Å². The number of likely N-dealkylation sites (tertiary alicyclic amines) is 1. The molecule has 7 heteroatoms. The molecule has 1 aliphatic rings. The van der Waals surface area contributed by atoms with Crippen LogP contribution in [-0.2, 0) is 20.2 Å². The summed E-state index contributed by atoms with van der Waals surface area (Å²) in [6, 6.07) is 9.50. The molecule has 0 aromatic heterocycles. The molecule has 1 heterocycles. The van der Waals surface area contributed by atoms with Gasteiger partial charge < -0.3 is 18.9 Å². The predicted octanol–water partition coefficient (Wildman–Crippen LogP) is 5.17. The summed E-state index contributed by atoms with van der Waals surface area (Å²) in [4.78, 5) is 15.4. The standard InChI is InChI=1S/C24H43NO4Si2/c1-23(2,3)30(7,8)28-20-19(17-26)25(16-18-14-12-11-13-15-18)22(27)21(20)29-31(9,10)24(4,5)6/h11-15,19-21,26H,16-17H2,1-10H3/t19-,20+,21-/m1/s1. The molecule has 0 unspecified atom stereocenters. The third-order valence-corrected chi connectivity index (χ3v) is 16.4. The van der Waals surface area contributed by atoms with Gasteiger partial charge >= 0.3 is 0 Å². The average molecular weight is 466 g/mol. The van der Waals surface area contributed by atoms with Crippen LogP contribution >= 0.6 is 0 Å². The monoisotopic (exact) mass is 465 g/mol. The summed E-state index contributed by atoms with van der Waals surface area (Å²) in [5, 5.41) is 10.3. The van der Waals surface area contributed by atoms with Gasteiger partial charge in [0.2, 0.25) is 0 Å². The van der Waals surface area contributed by atoms with Crippen LogP contribution in [0.25, 0.3) is 0 Å². The number of nitrogens with zero attached hydrogens (tertiary/aromatic N) is 1. The second-order valence-electron chi connectivity index (χ2n) is 11.8. The first-order chi connectivity index (χ1) is 14.0. The molecule has 1 fully saturated rings. The molecule has 1 saturated heterocycles. The van der Waals surface area contributed by atoms with Crippen molar-refractivity contribution in [2.75, 3.05) is 6.61 Å². The molecule has 0 aliphatic carbocycles. The number of hydrogen-bond donors (Lipinski definition) is 1. The Morgan fingerprint density at radius 1 is 0.903 bits per heavy atom. The van der Waals surface area contributed by atoms with Crippen molar-refractivity contribution in [1.29, 1.82) is 0 Å². The molecule has 176 valence electrons. The summed E-state index contributed by atoms with van der Waals surface area (Å²) in [7, 11) is -4.43. The van der Waals surface area contributed by atoms with E-state index in [1.54, 1.807) is 4.90 Å². The Morgan fingerprint density at radius 2 is 1.39 bits per heavy atom. The summed E-state index contributed by atoms with van der Waals surface area (Å²) in [5.41, 5.74) is 1.04. The van der Waals surface area contributed by atoms with Crippen LogP contribution in [0.15, 0.2) is 30.3 Å². The van der Waals surface area contributed by atoms with E-state index in [-0.39, 0.29) is 22.6 Å². The largest absolute Gasteiger partial charge is 0.409 e. The van der Waals surface area contributed by atoms with Crippen molar-refractivity contribution in [3.05, 3.63) is 35.9 Å². The van der Waals surface area contributed by atoms with Crippen molar-refractivity contribution in [3.63, 3.8) is 0 Å². The summed E-state index contributed by atoms with van der Waals surface area (Å²) >= 11 is 0. The maximum atomic E-state index is 13.7. The topological polar surface area (TPSA) is 59.0 Å². The quantitative estimate of drug-likeness (QED) is 0.564. The Hall–Kier alpha value is -0.996. The number of benzene rings is 1. The van der Waals surface area contributed by atoms with E-state index in [4.69, 9.17) is 8.85 Å². The van der Waals surface area contributed by atoms with Gasteiger partial charge in [-0.05, 0) is 41.8 Å². The van der Waals surface area contributed by atoms with Crippen LogP contribution in [0.3, 0.4) is 0 Å². The van der Waals surface area contributed by atoms with Crippen LogP contribution in [0, 0.1) is 0 Å². The molecule has 0 spiro atoms. The van der Waals surface area contributed by atoms with Gasteiger partial charge in [0.15, 0.2) is 22.7 Å². The first kappa shape index (κ1) is 26.3. The first-order valence-electron chi connectivity index (χ1n) is 11.3. The maximum absolute atomic E-state index is 13.7. The van der Waals surface area contributed by atoms with Crippen LogP contribution in [0.5, 0.6) is 0 Å². The van der Waals surface area contributed by atoms with E-state index in [0.29, 0.717) is 6.54 Å². The molecule has 1 aromatic carbocycles. The molecule has 0 radical (unpaired) electrons. The summed E-state index contributed by atoms with van der Waals surface area (Å²) in [6.07, 6.45) is -1.16. The number of amides is 1. The Labute approximate surface area is 191 Å². The lowest BCUT2D eigenvalue weighted by molar-refractivity contribution is -0.136. The second-order valence-corrected chi connectivity index (χ2v) is 21.4. The van der Waals surface area contributed by atoms with E-state index >= 15 is 0 Å². The van der Waals surface area contributed by atoms with Gasteiger partial charge in [0.1, 0.15) is 6.10 Å². The zero-order valence-electron chi connectivity index (χ0n) is 21.2. The van der Waals surface area contributed by atoms with Crippen LogP contribution in [0.4, 0.5) is 0 Å². The molecule has 1 aliphatic heterocycles. The minimum absolute atomic E-state index is 0.00950. The number of aliphatic hydroxyl groups is 1.